The molecular formula is C23H23N3O4S. The average Bonchev–Trinajstić information content (AvgIpc) is 3.29. The fraction of sp³-hybridized carbons (Fsp3) is 0.261. The van der Waals surface area contributed by atoms with Crippen LogP contribution in [0.5, 0.6) is 11.5 Å². The van der Waals surface area contributed by atoms with Gasteiger partial charge in [0.1, 0.15) is 6.04 Å². The standard InChI is InChI=1S/C23H23N3O4S/c1-4-5-16-10-17(11-20(29-2)21(16)30-3)23(28)26-14-31-13-19(26)22(27)25-18-8-6-15(12-24)7-9-18/h4,6-11,19H,1,5,13-14H2,2-3H3,(H,25,27). The van der Waals surface area contributed by atoms with Crippen LogP contribution in [-0.4, -0.2) is 48.6 Å². The first-order chi connectivity index (χ1) is 15.0. The maximum Gasteiger partial charge on any atom is 0.255 e. The predicted molar refractivity (Wildman–Crippen MR) is 121 cm³/mol. The summed E-state index contributed by atoms with van der Waals surface area (Å²) in [5.41, 5.74) is 2.29. The van der Waals surface area contributed by atoms with Crippen molar-refractivity contribution in [3.8, 4) is 17.6 Å². The molecule has 0 spiro atoms. The van der Waals surface area contributed by atoms with Gasteiger partial charge in [0.05, 0.1) is 31.7 Å². The first kappa shape index (κ1) is 22.2. The number of thioether (sulfide) groups is 1. The maximum atomic E-state index is 13.3. The zero-order chi connectivity index (χ0) is 22.4. The molecule has 0 radical (unpaired) electrons. The first-order valence-electron chi connectivity index (χ1n) is 9.58. The van der Waals surface area contributed by atoms with Gasteiger partial charge >= 0.3 is 0 Å². The number of ether oxygens (including phenoxy) is 2. The van der Waals surface area contributed by atoms with Crippen LogP contribution in [0.15, 0.2) is 49.1 Å². The highest BCUT2D eigenvalue weighted by molar-refractivity contribution is 7.99. The molecule has 0 saturated carbocycles. The Balaban J connectivity index is 1.83. The quantitative estimate of drug-likeness (QED) is 0.667. The number of hydrogen-bond donors (Lipinski definition) is 1. The van der Waals surface area contributed by atoms with Crippen LogP contribution in [0.3, 0.4) is 0 Å². The van der Waals surface area contributed by atoms with Gasteiger partial charge in [-0.25, -0.2) is 0 Å². The minimum Gasteiger partial charge on any atom is -0.493 e. The summed E-state index contributed by atoms with van der Waals surface area (Å²) in [4.78, 5) is 27.7. The molecular weight excluding hydrogens is 414 g/mol. The molecule has 2 amide bonds. The van der Waals surface area contributed by atoms with Crippen LogP contribution in [0.25, 0.3) is 0 Å². The molecule has 1 unspecified atom stereocenters. The zero-order valence-corrected chi connectivity index (χ0v) is 18.2. The molecule has 31 heavy (non-hydrogen) atoms. The van der Waals surface area contributed by atoms with Crippen molar-refractivity contribution in [1.82, 2.24) is 4.90 Å². The normalized spacial score (nSPS) is 15.1. The van der Waals surface area contributed by atoms with Gasteiger partial charge < -0.3 is 19.7 Å². The van der Waals surface area contributed by atoms with Crippen LogP contribution in [0.2, 0.25) is 0 Å². The van der Waals surface area contributed by atoms with E-state index in [2.05, 4.69) is 11.9 Å². The van der Waals surface area contributed by atoms with E-state index >= 15 is 0 Å². The molecule has 2 aromatic rings. The number of allylic oxidation sites excluding steroid dienone is 1. The van der Waals surface area contributed by atoms with Crippen LogP contribution < -0.4 is 14.8 Å². The number of methoxy groups -OCH3 is 2. The van der Waals surface area contributed by atoms with Crippen molar-refractivity contribution < 1.29 is 19.1 Å². The molecule has 7 nitrogen and oxygen atoms in total. The Morgan fingerprint density at radius 3 is 2.65 bits per heavy atom. The summed E-state index contributed by atoms with van der Waals surface area (Å²) >= 11 is 1.52. The van der Waals surface area contributed by atoms with Crippen LogP contribution in [0, 0.1) is 11.3 Å². The van der Waals surface area contributed by atoms with Crippen LogP contribution in [0.4, 0.5) is 5.69 Å². The third-order valence-corrected chi connectivity index (χ3v) is 5.91. The van der Waals surface area contributed by atoms with Gasteiger partial charge in [-0.1, -0.05) is 6.08 Å². The second kappa shape index (κ2) is 10.0. The van der Waals surface area contributed by atoms with E-state index in [1.54, 1.807) is 54.5 Å². The fourth-order valence-electron chi connectivity index (χ4n) is 3.35. The first-order valence-corrected chi connectivity index (χ1v) is 10.7. The van der Waals surface area contributed by atoms with Gasteiger partial charge in [0.2, 0.25) is 5.91 Å². The molecule has 0 aliphatic carbocycles. The van der Waals surface area contributed by atoms with Gasteiger partial charge in [-0.3, -0.25) is 9.59 Å². The van der Waals surface area contributed by atoms with Crippen molar-refractivity contribution in [1.29, 1.82) is 5.26 Å². The molecule has 1 aliphatic heterocycles. The number of rotatable bonds is 7. The van der Waals surface area contributed by atoms with Gasteiger partial charge in [-0.2, -0.15) is 5.26 Å². The molecule has 0 aromatic heterocycles. The van der Waals surface area contributed by atoms with E-state index in [4.69, 9.17) is 14.7 Å². The van der Waals surface area contributed by atoms with Gasteiger partial charge in [0.25, 0.3) is 5.91 Å². The van der Waals surface area contributed by atoms with E-state index in [1.165, 1.54) is 18.9 Å². The highest BCUT2D eigenvalue weighted by Gasteiger charge is 2.35. The summed E-state index contributed by atoms with van der Waals surface area (Å²) in [6, 6.07) is 11.4. The van der Waals surface area contributed by atoms with Crippen molar-refractivity contribution in [3.63, 3.8) is 0 Å². The van der Waals surface area contributed by atoms with Gasteiger partial charge in [-0.05, 0) is 42.8 Å². The summed E-state index contributed by atoms with van der Waals surface area (Å²) in [5, 5.41) is 11.7. The Hall–Kier alpha value is -3.44. The third-order valence-electron chi connectivity index (χ3n) is 4.89. The smallest absolute Gasteiger partial charge is 0.255 e. The van der Waals surface area contributed by atoms with Crippen molar-refractivity contribution in [2.75, 3.05) is 31.2 Å². The van der Waals surface area contributed by atoms with E-state index in [0.717, 1.165) is 5.56 Å². The molecule has 3 rings (SSSR count). The number of carbonyl (C=O) groups excluding carboxylic acids is 2. The van der Waals surface area contributed by atoms with Crippen molar-refractivity contribution in [2.24, 2.45) is 0 Å². The SMILES string of the molecule is C=CCc1cc(C(=O)N2CSCC2C(=O)Nc2ccc(C#N)cc2)cc(OC)c1OC. The van der Waals surface area contributed by atoms with Crippen molar-refractivity contribution in [3.05, 3.63) is 65.7 Å². The summed E-state index contributed by atoms with van der Waals surface area (Å²) in [6.07, 6.45) is 2.24. The second-order valence-electron chi connectivity index (χ2n) is 6.83. The number of nitriles is 1. The second-order valence-corrected chi connectivity index (χ2v) is 7.83. The van der Waals surface area contributed by atoms with Crippen molar-refractivity contribution >= 4 is 29.3 Å². The number of anilines is 1. The Kier molecular flexibility index (Phi) is 7.21. The van der Waals surface area contributed by atoms with E-state index in [0.29, 0.717) is 46.4 Å². The summed E-state index contributed by atoms with van der Waals surface area (Å²) in [5.74, 6) is 1.40. The Labute approximate surface area is 185 Å². The van der Waals surface area contributed by atoms with Crippen LogP contribution in [-0.2, 0) is 11.2 Å². The van der Waals surface area contributed by atoms with Crippen molar-refractivity contribution in [2.45, 2.75) is 12.5 Å². The Morgan fingerprint density at radius 1 is 1.29 bits per heavy atom. The fourth-order valence-corrected chi connectivity index (χ4v) is 4.51. The predicted octanol–water partition coefficient (Wildman–Crippen LogP) is 3.46. The largest absolute Gasteiger partial charge is 0.493 e. The molecule has 1 atom stereocenters. The number of hydrogen-bond acceptors (Lipinski definition) is 6. The minimum atomic E-state index is -0.607. The van der Waals surface area contributed by atoms with E-state index < -0.39 is 6.04 Å². The Morgan fingerprint density at radius 2 is 2.03 bits per heavy atom. The topological polar surface area (TPSA) is 91.7 Å². The molecule has 2 aromatic carbocycles. The molecule has 1 N–H and O–H groups in total. The number of amides is 2. The van der Waals surface area contributed by atoms with Gasteiger partial charge in [0, 0.05) is 22.6 Å². The molecule has 1 heterocycles. The maximum absolute atomic E-state index is 13.3. The van der Waals surface area contributed by atoms with Crippen LogP contribution >= 0.6 is 11.8 Å². The highest BCUT2D eigenvalue weighted by Crippen LogP contribution is 2.34. The molecule has 1 aliphatic rings. The van der Waals surface area contributed by atoms with Crippen LogP contribution in [0.1, 0.15) is 21.5 Å². The lowest BCUT2D eigenvalue weighted by Gasteiger charge is -2.24. The molecule has 1 saturated heterocycles. The lowest BCUT2D eigenvalue weighted by Crippen LogP contribution is -2.44. The van der Waals surface area contributed by atoms with E-state index in [-0.39, 0.29) is 11.8 Å². The lowest BCUT2D eigenvalue weighted by atomic mass is 10.0. The van der Waals surface area contributed by atoms with E-state index in [9.17, 15) is 9.59 Å². The Bertz CT molecular complexity index is 1030. The number of benzene rings is 2. The summed E-state index contributed by atoms with van der Waals surface area (Å²) in [7, 11) is 3.07. The highest BCUT2D eigenvalue weighted by atomic mass is 32.2. The number of nitrogens with one attached hydrogen (secondary N) is 1. The summed E-state index contributed by atoms with van der Waals surface area (Å²) in [6.45, 7) is 3.76. The third kappa shape index (κ3) is 4.84. The lowest BCUT2D eigenvalue weighted by molar-refractivity contribution is -0.119. The van der Waals surface area contributed by atoms with Gasteiger partial charge in [0.15, 0.2) is 11.5 Å². The molecule has 8 heteroatoms. The number of carbonyl (C=O) groups is 2. The number of nitrogens with zero attached hydrogens (tertiary/aromatic N) is 2. The monoisotopic (exact) mass is 437 g/mol. The summed E-state index contributed by atoms with van der Waals surface area (Å²) < 4.78 is 10.8. The average molecular weight is 438 g/mol. The molecule has 1 fully saturated rings. The molecule has 0 bridgehead atoms. The minimum absolute atomic E-state index is 0.253. The van der Waals surface area contributed by atoms with E-state index in [1.807, 2.05) is 6.07 Å². The molecule has 160 valence electrons. The van der Waals surface area contributed by atoms with Gasteiger partial charge in [-0.15, -0.1) is 18.3 Å². The zero-order valence-electron chi connectivity index (χ0n) is 17.4.